The van der Waals surface area contributed by atoms with Crippen LogP contribution in [-0.2, 0) is 4.74 Å². The highest BCUT2D eigenvalue weighted by molar-refractivity contribution is 8.13. The average Bonchev–Trinajstić information content (AvgIpc) is 2.55. The van der Waals surface area contributed by atoms with Gasteiger partial charge in [0.2, 0.25) is 0 Å². The first-order valence-corrected chi connectivity index (χ1v) is 8.49. The van der Waals surface area contributed by atoms with E-state index in [1.165, 1.54) is 30.0 Å². The summed E-state index contributed by atoms with van der Waals surface area (Å²) in [6, 6.07) is 5.66. The smallest absolute Gasteiger partial charge is 0.270 e. The van der Waals surface area contributed by atoms with Gasteiger partial charge in [0, 0.05) is 36.5 Å². The molecule has 0 aromatic heterocycles. The van der Waals surface area contributed by atoms with Gasteiger partial charge < -0.3 is 10.1 Å². The number of benzene rings is 1. The Labute approximate surface area is 137 Å². The zero-order valence-corrected chi connectivity index (χ0v) is 13.3. The van der Waals surface area contributed by atoms with Gasteiger partial charge in [-0.15, -0.1) is 0 Å². The third-order valence-corrected chi connectivity index (χ3v) is 4.78. The van der Waals surface area contributed by atoms with E-state index in [2.05, 4.69) is 10.3 Å². The number of thioether (sulfide) groups is 1. The van der Waals surface area contributed by atoms with Crippen molar-refractivity contribution in [2.45, 2.75) is 31.4 Å². The predicted molar refractivity (Wildman–Crippen MR) is 87.6 cm³/mol. The number of nitro groups is 1. The molecule has 0 bridgehead atoms. The fourth-order valence-corrected chi connectivity index (χ4v) is 3.71. The van der Waals surface area contributed by atoms with Crippen molar-refractivity contribution in [3.63, 3.8) is 0 Å². The molecule has 1 saturated heterocycles. The maximum Gasteiger partial charge on any atom is 0.270 e. The normalized spacial score (nSPS) is 24.1. The van der Waals surface area contributed by atoms with Crippen LogP contribution in [-0.4, -0.2) is 34.1 Å². The molecule has 1 aromatic rings. The number of nitro benzene ring substituents is 1. The first-order chi connectivity index (χ1) is 11.1. The maximum atomic E-state index is 12.3. The van der Waals surface area contributed by atoms with Crippen LogP contribution in [0, 0.1) is 10.1 Å². The molecule has 122 valence electrons. The first kappa shape index (κ1) is 15.9. The molecular formula is C15H17N3O4S. The molecule has 0 radical (unpaired) electrons. The van der Waals surface area contributed by atoms with Gasteiger partial charge in [-0.25, -0.2) is 4.99 Å². The van der Waals surface area contributed by atoms with Gasteiger partial charge in [-0.05, 0) is 25.3 Å². The molecule has 0 aliphatic carbocycles. The number of hydrogen-bond donors (Lipinski definition) is 1. The highest BCUT2D eigenvalue weighted by atomic mass is 32.2. The van der Waals surface area contributed by atoms with Crippen molar-refractivity contribution in [2.24, 2.45) is 4.99 Å². The van der Waals surface area contributed by atoms with Crippen LogP contribution >= 0.6 is 11.8 Å². The van der Waals surface area contributed by atoms with Gasteiger partial charge in [-0.2, -0.15) is 0 Å². The Morgan fingerprint density at radius 2 is 2.26 bits per heavy atom. The van der Waals surface area contributed by atoms with Crippen LogP contribution in [0.1, 0.15) is 36.0 Å². The minimum absolute atomic E-state index is 0.108. The van der Waals surface area contributed by atoms with Gasteiger partial charge in [0.15, 0.2) is 10.9 Å². The summed E-state index contributed by atoms with van der Waals surface area (Å²) in [6.45, 7) is 0.695. The molecule has 7 nitrogen and oxygen atoms in total. The van der Waals surface area contributed by atoms with Gasteiger partial charge in [0.1, 0.15) is 0 Å². The standard InChI is InChI=1S/C15H17N3O4S/c19-13(11-4-3-5-12(10-11)18(20)21)16-14-17-15(7-9-23-14)6-1-2-8-22-15/h3-5,10H,1-2,6-9H2,(H,16,17,19). The topological polar surface area (TPSA) is 93.8 Å². The molecule has 1 amide bonds. The van der Waals surface area contributed by atoms with Crippen molar-refractivity contribution in [3.05, 3.63) is 39.9 Å². The summed E-state index contributed by atoms with van der Waals surface area (Å²) in [7, 11) is 0. The largest absolute Gasteiger partial charge is 0.354 e. The Hall–Kier alpha value is -1.93. The van der Waals surface area contributed by atoms with Gasteiger partial charge in [-0.3, -0.25) is 14.9 Å². The van der Waals surface area contributed by atoms with Crippen molar-refractivity contribution in [2.75, 3.05) is 12.4 Å². The molecule has 1 fully saturated rings. The number of ether oxygens (including phenoxy) is 1. The van der Waals surface area contributed by atoms with E-state index >= 15 is 0 Å². The van der Waals surface area contributed by atoms with Crippen molar-refractivity contribution in [3.8, 4) is 0 Å². The summed E-state index contributed by atoms with van der Waals surface area (Å²) < 4.78 is 5.83. The first-order valence-electron chi connectivity index (χ1n) is 7.50. The quantitative estimate of drug-likeness (QED) is 0.662. The monoisotopic (exact) mass is 335 g/mol. The number of aliphatic imine (C=N–C) groups is 1. The summed E-state index contributed by atoms with van der Waals surface area (Å²) in [6.07, 6.45) is 3.82. The number of hydrogen-bond acceptors (Lipinski definition) is 6. The molecule has 1 spiro atoms. The Morgan fingerprint density at radius 1 is 1.39 bits per heavy atom. The Balaban J connectivity index is 1.74. The second-order valence-corrected chi connectivity index (χ2v) is 6.61. The van der Waals surface area contributed by atoms with E-state index < -0.39 is 16.6 Å². The number of rotatable bonds is 2. The molecule has 1 aromatic carbocycles. The fourth-order valence-electron chi connectivity index (χ4n) is 2.70. The molecule has 3 rings (SSSR count). The predicted octanol–water partition coefficient (Wildman–Crippen LogP) is 2.71. The Morgan fingerprint density at radius 3 is 3.00 bits per heavy atom. The molecule has 2 aliphatic heterocycles. The molecule has 1 atom stereocenters. The zero-order chi connectivity index (χ0) is 16.3. The maximum absolute atomic E-state index is 12.3. The van der Waals surface area contributed by atoms with Crippen molar-refractivity contribution in [1.29, 1.82) is 0 Å². The number of non-ortho nitro benzene ring substituents is 1. The minimum atomic E-state index is -0.519. The van der Waals surface area contributed by atoms with Gasteiger partial charge >= 0.3 is 0 Å². The van der Waals surface area contributed by atoms with Gasteiger partial charge in [0.05, 0.1) is 4.92 Å². The van der Waals surface area contributed by atoms with Crippen LogP contribution < -0.4 is 5.32 Å². The van der Waals surface area contributed by atoms with E-state index in [1.54, 1.807) is 6.07 Å². The zero-order valence-electron chi connectivity index (χ0n) is 12.5. The van der Waals surface area contributed by atoms with Crippen LogP contribution in [0.15, 0.2) is 29.3 Å². The SMILES string of the molecule is O=C(NC1=NC2(CCCCO2)CCS1)c1cccc([N+](=O)[O-])c1. The summed E-state index contributed by atoms with van der Waals surface area (Å²) in [4.78, 5) is 27.2. The number of amidine groups is 1. The van der Waals surface area contributed by atoms with Gasteiger partial charge in [-0.1, -0.05) is 17.8 Å². The number of carbonyl (C=O) groups excluding carboxylic acids is 1. The summed E-state index contributed by atoms with van der Waals surface area (Å²) >= 11 is 1.47. The molecule has 0 saturated carbocycles. The lowest BCUT2D eigenvalue weighted by atomic mass is 10.0. The lowest BCUT2D eigenvalue weighted by Crippen LogP contribution is -2.41. The van der Waals surface area contributed by atoms with Crippen LogP contribution in [0.3, 0.4) is 0 Å². The minimum Gasteiger partial charge on any atom is -0.354 e. The molecular weight excluding hydrogens is 318 g/mol. The average molecular weight is 335 g/mol. The van der Waals surface area contributed by atoms with Crippen LogP contribution in [0.4, 0.5) is 5.69 Å². The van der Waals surface area contributed by atoms with E-state index in [4.69, 9.17) is 4.74 Å². The van der Waals surface area contributed by atoms with E-state index in [1.807, 2.05) is 0 Å². The second-order valence-electron chi connectivity index (χ2n) is 5.53. The fraction of sp³-hybridized carbons (Fsp3) is 0.467. The van der Waals surface area contributed by atoms with Crippen molar-refractivity contribution >= 4 is 28.5 Å². The lowest BCUT2D eigenvalue weighted by Gasteiger charge is -2.36. The van der Waals surface area contributed by atoms with E-state index in [0.717, 1.165) is 31.4 Å². The second kappa shape index (κ2) is 6.67. The number of carbonyl (C=O) groups is 1. The highest BCUT2D eigenvalue weighted by Gasteiger charge is 2.36. The summed E-state index contributed by atoms with van der Waals surface area (Å²) in [5.74, 6) is 0.432. The van der Waals surface area contributed by atoms with Crippen LogP contribution in [0.5, 0.6) is 0 Å². The molecule has 1 N–H and O–H groups in total. The van der Waals surface area contributed by atoms with Crippen LogP contribution in [0.2, 0.25) is 0 Å². The molecule has 8 heteroatoms. The molecule has 23 heavy (non-hydrogen) atoms. The van der Waals surface area contributed by atoms with Gasteiger partial charge in [0.25, 0.3) is 11.6 Å². The third kappa shape index (κ3) is 3.70. The lowest BCUT2D eigenvalue weighted by molar-refractivity contribution is -0.384. The molecule has 2 heterocycles. The molecule has 2 aliphatic rings. The summed E-state index contributed by atoms with van der Waals surface area (Å²) in [5.41, 5.74) is -0.371. The summed E-state index contributed by atoms with van der Waals surface area (Å²) in [5, 5.41) is 14.1. The Kier molecular flexibility index (Phi) is 4.63. The Bertz CT molecular complexity index is 656. The highest BCUT2D eigenvalue weighted by Crippen LogP contribution is 2.35. The van der Waals surface area contributed by atoms with Crippen LogP contribution in [0.25, 0.3) is 0 Å². The van der Waals surface area contributed by atoms with E-state index in [0.29, 0.717) is 11.8 Å². The third-order valence-electron chi connectivity index (χ3n) is 3.91. The molecule has 1 unspecified atom stereocenters. The number of amides is 1. The van der Waals surface area contributed by atoms with Crippen molar-refractivity contribution < 1.29 is 14.5 Å². The van der Waals surface area contributed by atoms with E-state index in [-0.39, 0.29) is 11.3 Å². The number of nitrogens with one attached hydrogen (secondary N) is 1. The number of nitrogens with zero attached hydrogens (tertiary/aromatic N) is 2. The van der Waals surface area contributed by atoms with Crippen molar-refractivity contribution in [1.82, 2.24) is 5.32 Å². The van der Waals surface area contributed by atoms with E-state index in [9.17, 15) is 14.9 Å².